The molecule has 0 unspecified atom stereocenters. The Morgan fingerprint density at radius 1 is 0.656 bits per heavy atom. The highest BCUT2D eigenvalue weighted by molar-refractivity contribution is 5.92. The van der Waals surface area contributed by atoms with Crippen molar-refractivity contribution in [1.29, 1.82) is 0 Å². The van der Waals surface area contributed by atoms with E-state index in [4.69, 9.17) is 10.2 Å². The summed E-state index contributed by atoms with van der Waals surface area (Å²) >= 11 is 0. The summed E-state index contributed by atoms with van der Waals surface area (Å²) in [6.45, 7) is 2.94. The van der Waals surface area contributed by atoms with Crippen LogP contribution in [0, 0.1) is 11.6 Å². The topological polar surface area (TPSA) is 74.6 Å². The fourth-order valence-corrected chi connectivity index (χ4v) is 3.13. The van der Waals surface area contributed by atoms with E-state index in [2.05, 4.69) is 0 Å². The van der Waals surface area contributed by atoms with Gasteiger partial charge < -0.3 is 10.2 Å². The first-order chi connectivity index (χ1) is 15.2. The Balaban J connectivity index is 1.90. The van der Waals surface area contributed by atoms with Crippen LogP contribution in [0.1, 0.15) is 25.0 Å². The lowest BCUT2D eigenvalue weighted by Gasteiger charge is -2.10. The van der Waals surface area contributed by atoms with Crippen molar-refractivity contribution < 1.29 is 28.6 Å². The predicted octanol–water partition coefficient (Wildman–Crippen LogP) is 6.27. The van der Waals surface area contributed by atoms with Crippen molar-refractivity contribution >= 4 is 24.1 Å². The summed E-state index contributed by atoms with van der Waals surface area (Å²) in [6.07, 6.45) is 2.98. The molecule has 0 bridgehead atoms. The van der Waals surface area contributed by atoms with E-state index in [1.807, 2.05) is 0 Å². The van der Waals surface area contributed by atoms with Crippen LogP contribution in [0.3, 0.4) is 0 Å². The molecule has 0 saturated carbocycles. The minimum Gasteiger partial charge on any atom is -0.478 e. The van der Waals surface area contributed by atoms with Crippen molar-refractivity contribution in [1.82, 2.24) is 0 Å². The van der Waals surface area contributed by atoms with Gasteiger partial charge in [-0.2, -0.15) is 0 Å². The maximum absolute atomic E-state index is 14.8. The first-order valence-electron chi connectivity index (χ1n) is 9.69. The highest BCUT2D eigenvalue weighted by Gasteiger charge is 2.13. The molecule has 0 atom stereocenters. The molecule has 0 heterocycles. The lowest BCUT2D eigenvalue weighted by Crippen LogP contribution is -1.95. The summed E-state index contributed by atoms with van der Waals surface area (Å²) in [5.41, 5.74) is 2.71. The second-order valence-corrected chi connectivity index (χ2v) is 7.32. The van der Waals surface area contributed by atoms with E-state index in [1.165, 1.54) is 26.0 Å². The van der Waals surface area contributed by atoms with Gasteiger partial charge >= 0.3 is 11.9 Å². The molecular weight excluding hydrogens is 414 g/mol. The van der Waals surface area contributed by atoms with Crippen LogP contribution in [0.15, 0.2) is 71.8 Å². The van der Waals surface area contributed by atoms with Crippen LogP contribution in [0.4, 0.5) is 8.78 Å². The maximum atomic E-state index is 14.8. The molecule has 3 aromatic rings. The summed E-state index contributed by atoms with van der Waals surface area (Å²) in [5, 5.41) is 17.9. The Bertz CT molecular complexity index is 1140. The number of carboxylic acids is 2. The number of benzene rings is 3. The average Bonchev–Trinajstić information content (AvgIpc) is 2.76. The fraction of sp³-hybridized carbons (Fsp3) is 0.0769. The van der Waals surface area contributed by atoms with Gasteiger partial charge in [0.1, 0.15) is 11.6 Å². The summed E-state index contributed by atoms with van der Waals surface area (Å²) in [5.74, 6) is -3.26. The third kappa shape index (κ3) is 5.16. The molecule has 0 amide bonds. The molecular formula is C26H20F2O4. The maximum Gasteiger partial charge on any atom is 0.331 e. The molecule has 0 aliphatic heterocycles. The molecule has 0 aliphatic carbocycles. The van der Waals surface area contributed by atoms with Crippen molar-refractivity contribution in [2.75, 3.05) is 0 Å². The highest BCUT2D eigenvalue weighted by Crippen LogP contribution is 2.31. The molecule has 0 radical (unpaired) electrons. The number of carbonyl (C=O) groups is 2. The monoisotopic (exact) mass is 434 g/mol. The summed E-state index contributed by atoms with van der Waals surface area (Å²) < 4.78 is 29.7. The van der Waals surface area contributed by atoms with Gasteiger partial charge in [-0.15, -0.1) is 0 Å². The Morgan fingerprint density at radius 3 is 1.25 bits per heavy atom. The second kappa shape index (κ2) is 9.39. The zero-order valence-corrected chi connectivity index (χ0v) is 17.4. The molecule has 0 saturated heterocycles. The van der Waals surface area contributed by atoms with E-state index in [1.54, 1.807) is 48.5 Å². The van der Waals surface area contributed by atoms with Crippen molar-refractivity contribution in [3.05, 3.63) is 94.6 Å². The van der Waals surface area contributed by atoms with Crippen LogP contribution in [-0.2, 0) is 9.59 Å². The van der Waals surface area contributed by atoms with E-state index in [0.29, 0.717) is 22.3 Å². The van der Waals surface area contributed by atoms with Crippen LogP contribution in [-0.4, -0.2) is 22.2 Å². The minimum atomic E-state index is -1.03. The van der Waals surface area contributed by atoms with Gasteiger partial charge in [0.15, 0.2) is 0 Å². The van der Waals surface area contributed by atoms with E-state index >= 15 is 0 Å². The predicted molar refractivity (Wildman–Crippen MR) is 120 cm³/mol. The Hall–Kier alpha value is -4.06. The molecule has 3 aromatic carbocycles. The van der Waals surface area contributed by atoms with E-state index < -0.39 is 23.6 Å². The second-order valence-electron chi connectivity index (χ2n) is 7.32. The van der Waals surface area contributed by atoms with E-state index in [-0.39, 0.29) is 22.3 Å². The first-order valence-corrected chi connectivity index (χ1v) is 9.69. The number of halogens is 2. The summed E-state index contributed by atoms with van der Waals surface area (Å²) in [4.78, 5) is 21.9. The molecule has 6 heteroatoms. The summed E-state index contributed by atoms with van der Waals surface area (Å²) in [7, 11) is 0. The van der Waals surface area contributed by atoms with Gasteiger partial charge in [-0.3, -0.25) is 0 Å². The molecule has 32 heavy (non-hydrogen) atoms. The normalized spacial score (nSPS) is 12.0. The van der Waals surface area contributed by atoms with Crippen molar-refractivity contribution in [2.45, 2.75) is 13.8 Å². The molecule has 3 rings (SSSR count). The Morgan fingerprint density at radius 2 is 0.969 bits per heavy atom. The quantitative estimate of drug-likeness (QED) is 0.448. The number of carboxylic acid groups (broad SMARTS) is 2. The molecule has 0 fully saturated rings. The number of hydrogen-bond acceptors (Lipinski definition) is 2. The van der Waals surface area contributed by atoms with Crippen molar-refractivity contribution in [2.24, 2.45) is 0 Å². The highest BCUT2D eigenvalue weighted by atomic mass is 19.1. The third-order valence-electron chi connectivity index (χ3n) is 4.94. The Kier molecular flexibility index (Phi) is 6.64. The van der Waals surface area contributed by atoms with Crippen LogP contribution >= 0.6 is 0 Å². The summed E-state index contributed by atoms with van der Waals surface area (Å²) in [6, 6.07) is 15.2. The first kappa shape index (κ1) is 22.6. The lowest BCUT2D eigenvalue weighted by atomic mass is 9.97. The van der Waals surface area contributed by atoms with Crippen LogP contribution < -0.4 is 0 Å². The molecule has 0 aromatic heterocycles. The standard InChI is InChI=1S/C26H20F2O4/c1-15(25(29)30)11-17-3-7-19(8-4-17)21-13-24(28)22(14-23(21)27)20-9-5-18(6-10-20)12-16(2)26(31)32/h3-14H,1-2H3,(H,29,30)(H,31,32). The SMILES string of the molecule is CC(=Cc1ccc(-c2cc(F)c(-c3ccc(C=C(C)C(=O)O)cc3)cc2F)cc1)C(=O)O. The zero-order chi connectivity index (χ0) is 23.4. The van der Waals surface area contributed by atoms with Gasteiger partial charge in [-0.25, -0.2) is 18.4 Å². The van der Waals surface area contributed by atoms with E-state index in [0.717, 1.165) is 12.1 Å². The van der Waals surface area contributed by atoms with Gasteiger partial charge in [-0.1, -0.05) is 48.5 Å². The lowest BCUT2D eigenvalue weighted by molar-refractivity contribution is -0.133. The third-order valence-corrected chi connectivity index (χ3v) is 4.94. The molecule has 0 aliphatic rings. The fourth-order valence-electron chi connectivity index (χ4n) is 3.13. The largest absolute Gasteiger partial charge is 0.478 e. The average molecular weight is 434 g/mol. The van der Waals surface area contributed by atoms with Gasteiger partial charge in [-0.05, 0) is 60.4 Å². The Labute approximate surface area is 183 Å². The number of rotatable bonds is 6. The zero-order valence-electron chi connectivity index (χ0n) is 17.4. The van der Waals surface area contributed by atoms with Crippen molar-refractivity contribution in [3.8, 4) is 22.3 Å². The van der Waals surface area contributed by atoms with Crippen LogP contribution in [0.2, 0.25) is 0 Å². The van der Waals surface area contributed by atoms with Gasteiger partial charge in [0.2, 0.25) is 0 Å². The van der Waals surface area contributed by atoms with Gasteiger partial charge in [0.05, 0.1) is 0 Å². The smallest absolute Gasteiger partial charge is 0.331 e. The number of hydrogen-bond donors (Lipinski definition) is 2. The molecule has 4 nitrogen and oxygen atoms in total. The minimum absolute atomic E-state index is 0.0911. The molecule has 162 valence electrons. The van der Waals surface area contributed by atoms with Crippen LogP contribution in [0.25, 0.3) is 34.4 Å². The molecule has 2 N–H and O–H groups in total. The number of aliphatic carboxylic acids is 2. The molecule has 0 spiro atoms. The van der Waals surface area contributed by atoms with Gasteiger partial charge in [0, 0.05) is 22.3 Å². The van der Waals surface area contributed by atoms with Crippen LogP contribution in [0.5, 0.6) is 0 Å². The van der Waals surface area contributed by atoms with E-state index in [9.17, 15) is 18.4 Å². The van der Waals surface area contributed by atoms with Gasteiger partial charge in [0.25, 0.3) is 0 Å². The van der Waals surface area contributed by atoms with Crippen molar-refractivity contribution in [3.63, 3.8) is 0 Å².